The van der Waals surface area contributed by atoms with E-state index in [1.54, 1.807) is 13.0 Å². The average molecular weight is 281 g/mol. The van der Waals surface area contributed by atoms with Gasteiger partial charge in [0.2, 0.25) is 0 Å². The van der Waals surface area contributed by atoms with Gasteiger partial charge in [0.25, 0.3) is 0 Å². The first-order valence-electron chi connectivity index (χ1n) is 7.18. The quantitative estimate of drug-likeness (QED) is 0.776. The highest BCUT2D eigenvalue weighted by Crippen LogP contribution is 2.27. The van der Waals surface area contributed by atoms with Crippen molar-refractivity contribution in [3.05, 3.63) is 23.2 Å². The summed E-state index contributed by atoms with van der Waals surface area (Å²) >= 11 is 0. The van der Waals surface area contributed by atoms with Crippen molar-refractivity contribution in [3.63, 3.8) is 0 Å². The zero-order valence-electron chi connectivity index (χ0n) is 12.2. The number of hydrogen-bond acceptors (Lipinski definition) is 5. The van der Waals surface area contributed by atoms with E-state index in [-0.39, 0.29) is 12.6 Å². The molecule has 112 valence electrons. The van der Waals surface area contributed by atoms with Gasteiger partial charge in [-0.1, -0.05) is 6.42 Å². The Morgan fingerprint density at radius 2 is 2.30 bits per heavy atom. The molecule has 1 saturated carbocycles. The predicted molar refractivity (Wildman–Crippen MR) is 74.5 cm³/mol. The molecule has 0 atom stereocenters. The minimum absolute atomic E-state index is 0.202. The molecule has 1 N–H and O–H groups in total. The number of aliphatic hydroxyl groups is 1. The summed E-state index contributed by atoms with van der Waals surface area (Å²) in [5.41, 5.74) is 0.498. The van der Waals surface area contributed by atoms with Gasteiger partial charge >= 0.3 is 5.97 Å². The number of carbonyl (C=O) groups excluding carboxylic acids is 1. The number of esters is 1. The Morgan fingerprint density at radius 1 is 1.55 bits per heavy atom. The van der Waals surface area contributed by atoms with E-state index < -0.39 is 0 Å². The van der Waals surface area contributed by atoms with Crippen LogP contribution in [0.1, 0.15) is 47.6 Å². The fourth-order valence-corrected chi connectivity index (χ4v) is 2.55. The first-order valence-corrected chi connectivity index (χ1v) is 7.18. The van der Waals surface area contributed by atoms with E-state index in [4.69, 9.17) is 14.3 Å². The van der Waals surface area contributed by atoms with Crippen molar-refractivity contribution in [1.82, 2.24) is 4.90 Å². The Morgan fingerprint density at radius 3 is 2.85 bits per heavy atom. The monoisotopic (exact) mass is 281 g/mol. The molecule has 5 heteroatoms. The lowest BCUT2D eigenvalue weighted by atomic mass is 9.91. The lowest BCUT2D eigenvalue weighted by Crippen LogP contribution is -2.40. The molecule has 0 amide bonds. The van der Waals surface area contributed by atoms with Gasteiger partial charge in [-0.3, -0.25) is 4.90 Å². The average Bonchev–Trinajstić information content (AvgIpc) is 2.74. The summed E-state index contributed by atoms with van der Waals surface area (Å²) in [6.07, 6.45) is 4.44. The first kappa shape index (κ1) is 15.1. The maximum absolute atomic E-state index is 11.6. The van der Waals surface area contributed by atoms with E-state index in [2.05, 4.69) is 4.90 Å². The van der Waals surface area contributed by atoms with Gasteiger partial charge in [0, 0.05) is 19.2 Å². The van der Waals surface area contributed by atoms with Crippen molar-refractivity contribution < 1.29 is 19.1 Å². The molecule has 0 saturated heterocycles. The number of carbonyl (C=O) groups is 1. The number of methoxy groups -OCH3 is 1. The summed E-state index contributed by atoms with van der Waals surface area (Å²) in [6, 6.07) is 2.35. The lowest BCUT2D eigenvalue weighted by molar-refractivity contribution is 0.0599. The van der Waals surface area contributed by atoms with Crippen LogP contribution < -0.4 is 0 Å². The summed E-state index contributed by atoms with van der Waals surface area (Å²) in [4.78, 5) is 13.9. The molecule has 1 aromatic heterocycles. The van der Waals surface area contributed by atoms with Gasteiger partial charge in [0.05, 0.1) is 13.7 Å². The Labute approximate surface area is 119 Å². The molecule has 0 unspecified atom stereocenters. The number of rotatable bonds is 7. The van der Waals surface area contributed by atoms with Crippen LogP contribution in [0.2, 0.25) is 0 Å². The Bertz CT molecular complexity index is 451. The van der Waals surface area contributed by atoms with Crippen LogP contribution in [-0.4, -0.2) is 42.3 Å². The van der Waals surface area contributed by atoms with Gasteiger partial charge in [-0.15, -0.1) is 0 Å². The van der Waals surface area contributed by atoms with Crippen LogP contribution in [0.15, 0.2) is 10.5 Å². The van der Waals surface area contributed by atoms with Crippen molar-refractivity contribution in [1.29, 1.82) is 0 Å². The number of aliphatic hydroxyl groups excluding tert-OH is 1. The van der Waals surface area contributed by atoms with Gasteiger partial charge < -0.3 is 14.3 Å². The Kier molecular flexibility index (Phi) is 5.20. The predicted octanol–water partition coefficient (Wildman–Crippen LogP) is 2.11. The molecule has 5 nitrogen and oxygen atoms in total. The molecule has 1 heterocycles. The lowest BCUT2D eigenvalue weighted by Gasteiger charge is -2.37. The standard InChI is InChI=1S/C15H23NO4/c1-11-14(15(18)19-2)9-13(20-11)10-16(7-4-8-17)12-5-3-6-12/h9,12,17H,3-8,10H2,1-2H3. The van der Waals surface area contributed by atoms with Crippen LogP contribution in [-0.2, 0) is 11.3 Å². The molecular formula is C15H23NO4. The summed E-state index contributed by atoms with van der Waals surface area (Å²) < 4.78 is 10.4. The zero-order valence-corrected chi connectivity index (χ0v) is 12.2. The number of aryl methyl sites for hydroxylation is 1. The molecule has 0 aromatic carbocycles. The van der Waals surface area contributed by atoms with Gasteiger partial charge in [-0.05, 0) is 32.3 Å². The molecule has 1 aliphatic carbocycles. The van der Waals surface area contributed by atoms with E-state index >= 15 is 0 Å². The zero-order chi connectivity index (χ0) is 14.5. The molecule has 1 fully saturated rings. The summed E-state index contributed by atoms with van der Waals surface area (Å²) in [5, 5.41) is 9.00. The van der Waals surface area contributed by atoms with Gasteiger partial charge in [-0.25, -0.2) is 4.79 Å². The minimum atomic E-state index is -0.358. The topological polar surface area (TPSA) is 62.9 Å². The van der Waals surface area contributed by atoms with E-state index in [1.165, 1.54) is 26.4 Å². The van der Waals surface area contributed by atoms with E-state index in [0.29, 0.717) is 23.9 Å². The third-order valence-corrected chi connectivity index (χ3v) is 3.93. The van der Waals surface area contributed by atoms with Crippen molar-refractivity contribution in [2.75, 3.05) is 20.3 Å². The Hall–Kier alpha value is -1.33. The third kappa shape index (κ3) is 3.41. The number of hydrogen-bond donors (Lipinski definition) is 1. The van der Waals surface area contributed by atoms with E-state index in [9.17, 15) is 4.79 Å². The molecule has 2 rings (SSSR count). The van der Waals surface area contributed by atoms with Crippen molar-refractivity contribution >= 4 is 5.97 Å². The van der Waals surface area contributed by atoms with Crippen LogP contribution >= 0.6 is 0 Å². The first-order chi connectivity index (χ1) is 9.65. The second-order valence-electron chi connectivity index (χ2n) is 5.31. The second-order valence-corrected chi connectivity index (χ2v) is 5.31. The SMILES string of the molecule is COC(=O)c1cc(CN(CCCO)C2CCC2)oc1C. The normalized spacial score (nSPS) is 15.4. The van der Waals surface area contributed by atoms with Gasteiger partial charge in [-0.2, -0.15) is 0 Å². The highest BCUT2D eigenvalue weighted by Gasteiger charge is 2.26. The summed E-state index contributed by atoms with van der Waals surface area (Å²) in [7, 11) is 1.37. The summed E-state index contributed by atoms with van der Waals surface area (Å²) in [5.74, 6) is 1.03. The van der Waals surface area contributed by atoms with Crippen molar-refractivity contribution in [3.8, 4) is 0 Å². The maximum Gasteiger partial charge on any atom is 0.341 e. The van der Waals surface area contributed by atoms with Crippen LogP contribution in [0.25, 0.3) is 0 Å². The minimum Gasteiger partial charge on any atom is -0.465 e. The van der Waals surface area contributed by atoms with Crippen LogP contribution in [0.3, 0.4) is 0 Å². The van der Waals surface area contributed by atoms with Crippen LogP contribution in [0.5, 0.6) is 0 Å². The number of nitrogens with zero attached hydrogens (tertiary/aromatic N) is 1. The highest BCUT2D eigenvalue weighted by atomic mass is 16.5. The second kappa shape index (κ2) is 6.90. The smallest absolute Gasteiger partial charge is 0.341 e. The maximum atomic E-state index is 11.6. The fraction of sp³-hybridized carbons (Fsp3) is 0.667. The molecule has 20 heavy (non-hydrogen) atoms. The molecule has 1 aromatic rings. The molecule has 0 radical (unpaired) electrons. The molecular weight excluding hydrogens is 258 g/mol. The van der Waals surface area contributed by atoms with Crippen molar-refractivity contribution in [2.24, 2.45) is 0 Å². The largest absolute Gasteiger partial charge is 0.465 e. The third-order valence-electron chi connectivity index (χ3n) is 3.93. The molecule has 0 bridgehead atoms. The number of ether oxygens (including phenoxy) is 1. The Balaban J connectivity index is 2.04. The van der Waals surface area contributed by atoms with Crippen LogP contribution in [0.4, 0.5) is 0 Å². The van der Waals surface area contributed by atoms with Crippen LogP contribution in [0, 0.1) is 6.92 Å². The number of furan rings is 1. The highest BCUT2D eigenvalue weighted by molar-refractivity contribution is 5.90. The molecule has 0 aliphatic heterocycles. The molecule has 1 aliphatic rings. The van der Waals surface area contributed by atoms with Gasteiger partial charge in [0.1, 0.15) is 17.1 Å². The van der Waals surface area contributed by atoms with Gasteiger partial charge in [0.15, 0.2) is 0 Å². The van der Waals surface area contributed by atoms with E-state index in [1.807, 2.05) is 0 Å². The summed E-state index contributed by atoms with van der Waals surface area (Å²) in [6.45, 7) is 3.52. The van der Waals surface area contributed by atoms with E-state index in [0.717, 1.165) is 18.7 Å². The van der Waals surface area contributed by atoms with Crippen molar-refractivity contribution in [2.45, 2.75) is 45.2 Å². The molecule has 0 spiro atoms. The fourth-order valence-electron chi connectivity index (χ4n) is 2.55.